The first-order chi connectivity index (χ1) is 9.72. The molecule has 0 bridgehead atoms. The maximum absolute atomic E-state index is 12.2. The summed E-state index contributed by atoms with van der Waals surface area (Å²) in [6.45, 7) is 0.337. The molecule has 0 atom stereocenters. The van der Waals surface area contributed by atoms with E-state index in [-0.39, 0.29) is 5.91 Å². The van der Waals surface area contributed by atoms with Crippen LogP contribution in [0, 0.1) is 0 Å². The molecule has 4 nitrogen and oxygen atoms in total. The van der Waals surface area contributed by atoms with Crippen LogP contribution < -0.4 is 4.74 Å². The number of benzene rings is 2. The molecule has 0 radical (unpaired) electrons. The minimum absolute atomic E-state index is 0.195. The molecule has 0 fully saturated rings. The van der Waals surface area contributed by atoms with Crippen LogP contribution in [0.2, 0.25) is 0 Å². The lowest BCUT2D eigenvalue weighted by molar-refractivity contribution is -0.0758. The summed E-state index contributed by atoms with van der Waals surface area (Å²) < 4.78 is 5.68. The van der Waals surface area contributed by atoms with Crippen LogP contribution in [0.5, 0.6) is 5.75 Å². The first-order valence-electron chi connectivity index (χ1n) is 6.30. The zero-order valence-electron chi connectivity index (χ0n) is 11.6. The second-order valence-corrected chi connectivity index (χ2v) is 4.24. The van der Waals surface area contributed by atoms with Gasteiger partial charge in [0.15, 0.2) is 0 Å². The van der Waals surface area contributed by atoms with Crippen LogP contribution in [0.15, 0.2) is 54.6 Å². The molecule has 4 heteroatoms. The van der Waals surface area contributed by atoms with Crippen LogP contribution in [0.3, 0.4) is 0 Å². The lowest BCUT2D eigenvalue weighted by Gasteiger charge is -2.16. The van der Waals surface area contributed by atoms with Gasteiger partial charge in [0.05, 0.1) is 7.11 Å². The molecule has 0 aliphatic heterocycles. The van der Waals surface area contributed by atoms with E-state index in [4.69, 9.17) is 9.57 Å². The highest BCUT2D eigenvalue weighted by molar-refractivity contribution is 5.94. The number of amides is 1. The molecule has 104 valence electrons. The number of rotatable bonds is 5. The summed E-state index contributed by atoms with van der Waals surface area (Å²) in [6, 6.07) is 16.8. The van der Waals surface area contributed by atoms with Crippen molar-refractivity contribution in [1.29, 1.82) is 0 Å². The molecular formula is C16H17NO3. The van der Waals surface area contributed by atoms with Crippen LogP contribution >= 0.6 is 0 Å². The van der Waals surface area contributed by atoms with E-state index in [9.17, 15) is 4.79 Å². The molecule has 0 heterocycles. The molecule has 0 saturated carbocycles. The predicted octanol–water partition coefficient (Wildman–Crippen LogP) is 2.90. The van der Waals surface area contributed by atoms with E-state index in [1.54, 1.807) is 13.1 Å². The van der Waals surface area contributed by atoms with Crippen molar-refractivity contribution in [2.75, 3.05) is 14.2 Å². The Kier molecular flexibility index (Phi) is 4.74. The number of carbonyl (C=O) groups is 1. The SMILES string of the molecule is CON(C)C(=O)c1ccccc1COc1ccccc1. The molecule has 2 aromatic rings. The van der Waals surface area contributed by atoms with Crippen molar-refractivity contribution in [2.45, 2.75) is 6.61 Å². The van der Waals surface area contributed by atoms with Crippen LogP contribution in [0.4, 0.5) is 0 Å². The standard InChI is InChI=1S/C16H17NO3/c1-17(19-2)16(18)15-11-7-6-8-13(15)12-20-14-9-4-3-5-10-14/h3-11H,12H2,1-2H3. The van der Waals surface area contributed by atoms with E-state index in [1.165, 1.54) is 12.2 Å². The lowest BCUT2D eigenvalue weighted by atomic mass is 10.1. The molecule has 0 N–H and O–H groups in total. The van der Waals surface area contributed by atoms with Gasteiger partial charge in [-0.25, -0.2) is 5.06 Å². The van der Waals surface area contributed by atoms with Gasteiger partial charge in [-0.1, -0.05) is 36.4 Å². The van der Waals surface area contributed by atoms with Crippen LogP contribution in [0.1, 0.15) is 15.9 Å². The molecule has 0 spiro atoms. The van der Waals surface area contributed by atoms with Gasteiger partial charge < -0.3 is 4.74 Å². The van der Waals surface area contributed by atoms with Crippen molar-refractivity contribution in [1.82, 2.24) is 5.06 Å². The summed E-state index contributed by atoms with van der Waals surface area (Å²) in [7, 11) is 3.04. The Morgan fingerprint density at radius 2 is 1.70 bits per heavy atom. The third kappa shape index (κ3) is 3.36. The fourth-order valence-corrected chi connectivity index (χ4v) is 1.79. The minimum Gasteiger partial charge on any atom is -0.489 e. The van der Waals surface area contributed by atoms with Crippen molar-refractivity contribution in [3.8, 4) is 5.75 Å². The number of hydrogen-bond donors (Lipinski definition) is 0. The van der Waals surface area contributed by atoms with Crippen molar-refractivity contribution in [3.63, 3.8) is 0 Å². The van der Waals surface area contributed by atoms with Crippen molar-refractivity contribution in [2.24, 2.45) is 0 Å². The number of hydrogen-bond acceptors (Lipinski definition) is 3. The molecule has 0 aromatic heterocycles. The third-order valence-corrected chi connectivity index (χ3v) is 2.95. The third-order valence-electron chi connectivity index (χ3n) is 2.95. The Morgan fingerprint density at radius 3 is 2.40 bits per heavy atom. The summed E-state index contributed by atoms with van der Waals surface area (Å²) in [4.78, 5) is 17.1. The first-order valence-corrected chi connectivity index (χ1v) is 6.30. The van der Waals surface area contributed by atoms with Gasteiger partial charge in [0.1, 0.15) is 12.4 Å². The molecular weight excluding hydrogens is 254 g/mol. The second-order valence-electron chi connectivity index (χ2n) is 4.24. The van der Waals surface area contributed by atoms with E-state index in [2.05, 4.69) is 0 Å². The molecule has 2 aromatic carbocycles. The number of hydroxylamine groups is 2. The van der Waals surface area contributed by atoms with E-state index in [1.807, 2.05) is 48.5 Å². The molecule has 20 heavy (non-hydrogen) atoms. The van der Waals surface area contributed by atoms with E-state index >= 15 is 0 Å². The summed E-state index contributed by atoms with van der Waals surface area (Å²) >= 11 is 0. The molecule has 0 aliphatic carbocycles. The zero-order chi connectivity index (χ0) is 14.4. The molecule has 0 saturated heterocycles. The largest absolute Gasteiger partial charge is 0.489 e. The highest BCUT2D eigenvalue weighted by Crippen LogP contribution is 2.16. The smallest absolute Gasteiger partial charge is 0.277 e. The Balaban J connectivity index is 2.14. The van der Waals surface area contributed by atoms with Gasteiger partial charge in [-0.3, -0.25) is 9.63 Å². The van der Waals surface area contributed by atoms with Crippen LogP contribution in [-0.4, -0.2) is 25.1 Å². The summed E-state index contributed by atoms with van der Waals surface area (Å²) in [5.41, 5.74) is 1.40. The van der Waals surface area contributed by atoms with Gasteiger partial charge in [0.2, 0.25) is 0 Å². The van der Waals surface area contributed by atoms with Crippen molar-refractivity contribution >= 4 is 5.91 Å². The number of ether oxygens (including phenoxy) is 1. The fraction of sp³-hybridized carbons (Fsp3) is 0.188. The van der Waals surface area contributed by atoms with E-state index < -0.39 is 0 Å². The van der Waals surface area contributed by atoms with E-state index in [0.717, 1.165) is 11.3 Å². The average Bonchev–Trinajstić information content (AvgIpc) is 2.52. The summed E-state index contributed by atoms with van der Waals surface area (Å²) in [5, 5.41) is 1.20. The maximum atomic E-state index is 12.2. The molecule has 1 amide bonds. The normalized spacial score (nSPS) is 10.1. The first kappa shape index (κ1) is 14.1. The highest BCUT2D eigenvalue weighted by Gasteiger charge is 2.15. The number of nitrogens with zero attached hydrogens (tertiary/aromatic N) is 1. The zero-order valence-corrected chi connectivity index (χ0v) is 11.6. The van der Waals surface area contributed by atoms with Crippen molar-refractivity contribution < 1.29 is 14.4 Å². The Labute approximate surface area is 118 Å². The fourth-order valence-electron chi connectivity index (χ4n) is 1.79. The summed E-state index contributed by atoms with van der Waals surface area (Å²) in [6.07, 6.45) is 0. The van der Waals surface area contributed by atoms with Gasteiger partial charge in [-0.15, -0.1) is 0 Å². The quantitative estimate of drug-likeness (QED) is 0.785. The predicted molar refractivity (Wildman–Crippen MR) is 76.3 cm³/mol. The van der Waals surface area contributed by atoms with Gasteiger partial charge in [-0.05, 0) is 18.2 Å². The van der Waals surface area contributed by atoms with Crippen LogP contribution in [0.25, 0.3) is 0 Å². The van der Waals surface area contributed by atoms with Gasteiger partial charge in [-0.2, -0.15) is 0 Å². The molecule has 0 unspecified atom stereocenters. The van der Waals surface area contributed by atoms with Gasteiger partial charge in [0.25, 0.3) is 5.91 Å². The molecule has 2 rings (SSSR count). The highest BCUT2D eigenvalue weighted by atomic mass is 16.7. The Hall–Kier alpha value is -2.33. The monoisotopic (exact) mass is 271 g/mol. The maximum Gasteiger partial charge on any atom is 0.277 e. The second kappa shape index (κ2) is 6.73. The minimum atomic E-state index is -0.195. The Bertz CT molecular complexity index is 569. The van der Waals surface area contributed by atoms with E-state index in [0.29, 0.717) is 12.2 Å². The summed E-state index contributed by atoms with van der Waals surface area (Å²) in [5.74, 6) is 0.578. The number of para-hydroxylation sites is 1. The van der Waals surface area contributed by atoms with Gasteiger partial charge >= 0.3 is 0 Å². The van der Waals surface area contributed by atoms with Crippen LogP contribution in [-0.2, 0) is 11.4 Å². The van der Waals surface area contributed by atoms with Gasteiger partial charge in [0, 0.05) is 18.2 Å². The lowest BCUT2D eigenvalue weighted by Crippen LogP contribution is -2.26. The average molecular weight is 271 g/mol. The Morgan fingerprint density at radius 1 is 1.05 bits per heavy atom. The number of carbonyl (C=O) groups excluding carboxylic acids is 1. The topological polar surface area (TPSA) is 38.8 Å². The molecule has 0 aliphatic rings. The van der Waals surface area contributed by atoms with Crippen molar-refractivity contribution in [3.05, 3.63) is 65.7 Å².